The van der Waals surface area contributed by atoms with Crippen molar-refractivity contribution in [2.45, 2.75) is 129 Å². The van der Waals surface area contributed by atoms with Crippen molar-refractivity contribution in [3.8, 4) is 0 Å². The van der Waals surface area contributed by atoms with E-state index < -0.39 is 41.1 Å². The Balaban J connectivity index is 1.59. The van der Waals surface area contributed by atoms with E-state index in [9.17, 15) is 24.4 Å². The molecule has 3 amide bonds. The first kappa shape index (κ1) is 40.0. The smallest absolute Gasteiger partial charge is 0.407 e. The van der Waals surface area contributed by atoms with Crippen LogP contribution in [0.3, 0.4) is 0 Å². The van der Waals surface area contributed by atoms with E-state index in [2.05, 4.69) is 37.5 Å². The normalized spacial score (nSPS) is 21.3. The SMILES string of the molecule is COC(=O)[C@H](CCCNC(=O)OC1CC(C)(C)N(O)C(C)(C)C1)NC(=O)C1CCCN1C(=O)[C@H](/C=C/[C@@H](C)CC(C)C)Cc1ccccc1. The van der Waals surface area contributed by atoms with E-state index in [4.69, 9.17) is 9.47 Å². The molecule has 4 atom stereocenters. The van der Waals surface area contributed by atoms with Crippen LogP contribution in [0.15, 0.2) is 42.5 Å². The van der Waals surface area contributed by atoms with Crippen molar-refractivity contribution < 1.29 is 33.9 Å². The molecule has 1 unspecified atom stereocenters. The highest BCUT2D eigenvalue weighted by atomic mass is 16.6. The fraction of sp³-hybridized carbons (Fsp3) is 0.684. The number of benzene rings is 1. The Hall–Kier alpha value is -3.44. The first-order valence-corrected chi connectivity index (χ1v) is 17.9. The summed E-state index contributed by atoms with van der Waals surface area (Å²) in [7, 11) is 1.27. The monoisotopic (exact) mass is 684 g/mol. The van der Waals surface area contributed by atoms with Gasteiger partial charge >= 0.3 is 12.1 Å². The largest absolute Gasteiger partial charge is 0.467 e. The van der Waals surface area contributed by atoms with Gasteiger partial charge in [-0.2, -0.15) is 5.06 Å². The number of hydrogen-bond acceptors (Lipinski definition) is 8. The summed E-state index contributed by atoms with van der Waals surface area (Å²) in [5.41, 5.74) is -0.0541. The highest BCUT2D eigenvalue weighted by molar-refractivity contribution is 5.92. The Morgan fingerprint density at radius 1 is 1.02 bits per heavy atom. The number of allylic oxidation sites excluding steroid dienone is 1. The number of piperidine rings is 1. The van der Waals surface area contributed by atoms with Crippen LogP contribution in [0.4, 0.5) is 4.79 Å². The molecule has 3 rings (SSSR count). The lowest BCUT2D eigenvalue weighted by Crippen LogP contribution is -2.60. The van der Waals surface area contributed by atoms with Gasteiger partial charge < -0.3 is 30.2 Å². The van der Waals surface area contributed by atoms with Crippen molar-refractivity contribution in [1.29, 1.82) is 0 Å². The van der Waals surface area contributed by atoms with Gasteiger partial charge in [-0.1, -0.05) is 63.3 Å². The maximum Gasteiger partial charge on any atom is 0.407 e. The molecule has 274 valence electrons. The van der Waals surface area contributed by atoms with E-state index in [0.717, 1.165) is 12.0 Å². The number of hydroxylamine groups is 2. The molecule has 0 radical (unpaired) electrons. The number of carbonyl (C=O) groups excluding carboxylic acids is 4. The maximum atomic E-state index is 14.0. The molecule has 3 N–H and O–H groups in total. The summed E-state index contributed by atoms with van der Waals surface area (Å²) in [4.78, 5) is 54.6. The highest BCUT2D eigenvalue weighted by Gasteiger charge is 2.46. The van der Waals surface area contributed by atoms with Gasteiger partial charge in [-0.05, 0) is 83.6 Å². The lowest BCUT2D eigenvalue weighted by Gasteiger charge is -2.50. The van der Waals surface area contributed by atoms with E-state index in [1.54, 1.807) is 4.90 Å². The van der Waals surface area contributed by atoms with Crippen molar-refractivity contribution in [3.63, 3.8) is 0 Å². The molecule has 49 heavy (non-hydrogen) atoms. The summed E-state index contributed by atoms with van der Waals surface area (Å²) in [5.74, 6) is -0.622. The van der Waals surface area contributed by atoms with Crippen molar-refractivity contribution in [1.82, 2.24) is 20.6 Å². The molecule has 0 saturated carbocycles. The number of alkyl carbamates (subject to hydrolysis) is 1. The number of likely N-dealkylation sites (tertiary alicyclic amines) is 1. The Morgan fingerprint density at radius 2 is 1.67 bits per heavy atom. The number of carbonyl (C=O) groups is 4. The third kappa shape index (κ3) is 11.8. The highest BCUT2D eigenvalue weighted by Crippen LogP contribution is 2.38. The number of ether oxygens (including phenoxy) is 2. The average molecular weight is 685 g/mol. The molecule has 2 saturated heterocycles. The van der Waals surface area contributed by atoms with Crippen LogP contribution in [0.1, 0.15) is 99.0 Å². The van der Waals surface area contributed by atoms with E-state index in [0.29, 0.717) is 56.9 Å². The van der Waals surface area contributed by atoms with Gasteiger partial charge in [0, 0.05) is 37.0 Å². The Kier molecular flexibility index (Phi) is 14.7. The standard InChI is InChI=1S/C38H60N4O7/c1-26(2)22-27(3)18-19-29(23-28-14-10-9-11-15-28)34(44)41-21-13-17-32(41)33(43)40-31(35(45)48-8)16-12-20-39-36(46)49-30-24-37(4,5)42(47)38(6,7)25-30/h9-11,14-15,18-19,26-27,29-32,47H,12-13,16-17,20-25H2,1-8H3,(H,39,46)(H,40,43)/b19-18+/t27-,29-,31+,32?/m1/s1. The van der Waals surface area contributed by atoms with Gasteiger partial charge in [-0.3, -0.25) is 9.59 Å². The predicted octanol–water partition coefficient (Wildman–Crippen LogP) is 5.65. The second-order valence-electron chi connectivity index (χ2n) is 15.5. The zero-order chi connectivity index (χ0) is 36.4. The molecule has 2 fully saturated rings. The van der Waals surface area contributed by atoms with Crippen molar-refractivity contribution >= 4 is 23.9 Å². The molecule has 11 heteroatoms. The first-order valence-electron chi connectivity index (χ1n) is 17.9. The first-order chi connectivity index (χ1) is 23.0. The molecule has 1 aromatic carbocycles. The molecule has 2 aliphatic heterocycles. The third-order valence-corrected chi connectivity index (χ3v) is 9.59. The Bertz CT molecular complexity index is 1260. The van der Waals surface area contributed by atoms with Crippen molar-refractivity contribution in [2.75, 3.05) is 20.2 Å². The molecular weight excluding hydrogens is 624 g/mol. The molecular formula is C38H60N4O7. The predicted molar refractivity (Wildman–Crippen MR) is 189 cm³/mol. The van der Waals surface area contributed by atoms with Crippen LogP contribution in [0.2, 0.25) is 0 Å². The molecule has 11 nitrogen and oxygen atoms in total. The van der Waals surface area contributed by atoms with Gasteiger partial charge in [0.25, 0.3) is 0 Å². The molecule has 2 heterocycles. The van der Waals surface area contributed by atoms with Crippen molar-refractivity contribution in [2.24, 2.45) is 17.8 Å². The number of esters is 1. The minimum absolute atomic E-state index is 0.0942. The molecule has 2 aliphatic rings. The number of rotatable bonds is 15. The third-order valence-electron chi connectivity index (χ3n) is 9.59. The number of nitrogens with one attached hydrogen (secondary N) is 2. The summed E-state index contributed by atoms with van der Waals surface area (Å²) in [6.07, 6.45) is 7.52. The fourth-order valence-electron chi connectivity index (χ4n) is 7.38. The van der Waals surface area contributed by atoms with Gasteiger partial charge in [0.05, 0.1) is 13.0 Å². The van der Waals surface area contributed by atoms with Gasteiger partial charge in [0.2, 0.25) is 11.8 Å². The maximum absolute atomic E-state index is 14.0. The Morgan fingerprint density at radius 3 is 2.29 bits per heavy atom. The number of hydrogen-bond donors (Lipinski definition) is 3. The lowest BCUT2D eigenvalue weighted by atomic mass is 9.80. The quantitative estimate of drug-likeness (QED) is 0.123. The molecule has 0 bridgehead atoms. The number of amides is 3. The second kappa shape index (κ2) is 18.0. The van der Waals surface area contributed by atoms with Crippen LogP contribution in [-0.4, -0.2) is 88.5 Å². The van der Waals surface area contributed by atoms with Crippen LogP contribution in [-0.2, 0) is 30.3 Å². The van der Waals surface area contributed by atoms with E-state index in [1.807, 2.05) is 64.1 Å². The summed E-state index contributed by atoms with van der Waals surface area (Å²) < 4.78 is 10.6. The van der Waals surface area contributed by atoms with Crippen LogP contribution in [0.5, 0.6) is 0 Å². The van der Waals surface area contributed by atoms with Crippen LogP contribution >= 0.6 is 0 Å². The number of nitrogens with zero attached hydrogens (tertiary/aromatic N) is 2. The molecule has 0 aromatic heterocycles. The van der Waals surface area contributed by atoms with Crippen LogP contribution < -0.4 is 10.6 Å². The fourth-order valence-corrected chi connectivity index (χ4v) is 7.38. The summed E-state index contributed by atoms with van der Waals surface area (Å²) in [5, 5.41) is 17.4. The number of methoxy groups -OCH3 is 1. The van der Waals surface area contributed by atoms with Gasteiger partial charge in [0.1, 0.15) is 18.2 Å². The van der Waals surface area contributed by atoms with Crippen LogP contribution in [0.25, 0.3) is 0 Å². The summed E-state index contributed by atoms with van der Waals surface area (Å²) >= 11 is 0. The zero-order valence-electron chi connectivity index (χ0n) is 30.9. The molecule has 0 aliphatic carbocycles. The summed E-state index contributed by atoms with van der Waals surface area (Å²) in [6.45, 7) is 14.8. The van der Waals surface area contributed by atoms with E-state index in [1.165, 1.54) is 12.2 Å². The lowest BCUT2D eigenvalue weighted by molar-refractivity contribution is -0.256. The topological polar surface area (TPSA) is 138 Å². The average Bonchev–Trinajstić information content (AvgIpc) is 3.53. The zero-order valence-corrected chi connectivity index (χ0v) is 30.9. The van der Waals surface area contributed by atoms with E-state index >= 15 is 0 Å². The minimum Gasteiger partial charge on any atom is -0.467 e. The van der Waals surface area contributed by atoms with E-state index in [-0.39, 0.29) is 30.9 Å². The Labute approximate surface area is 293 Å². The molecule has 1 aromatic rings. The second-order valence-corrected chi connectivity index (χ2v) is 15.5. The van der Waals surface area contributed by atoms with Crippen molar-refractivity contribution in [3.05, 3.63) is 48.0 Å². The van der Waals surface area contributed by atoms with Gasteiger partial charge in [0.15, 0.2) is 0 Å². The van der Waals surface area contributed by atoms with Gasteiger partial charge in [-0.25, -0.2) is 9.59 Å². The van der Waals surface area contributed by atoms with Gasteiger partial charge in [-0.15, -0.1) is 0 Å². The minimum atomic E-state index is -0.930. The molecule has 0 spiro atoms. The van der Waals surface area contributed by atoms with Crippen LogP contribution in [0, 0.1) is 17.8 Å². The summed E-state index contributed by atoms with van der Waals surface area (Å²) in [6, 6.07) is 8.27.